The predicted octanol–water partition coefficient (Wildman–Crippen LogP) is 2.87. The molecule has 2 aromatic rings. The van der Waals surface area contributed by atoms with Crippen LogP contribution in [-0.4, -0.2) is 31.0 Å². The third kappa shape index (κ3) is 2.14. The van der Waals surface area contributed by atoms with Crippen molar-refractivity contribution in [3.8, 4) is 0 Å². The van der Waals surface area contributed by atoms with Crippen LogP contribution in [0.2, 0.25) is 0 Å². The summed E-state index contributed by atoms with van der Waals surface area (Å²) in [5, 5.41) is 0. The largest absolute Gasteiger partial charge is 0.371 e. The number of carbonyl (C=O) groups is 1. The maximum absolute atomic E-state index is 12.5. The van der Waals surface area contributed by atoms with E-state index in [2.05, 4.69) is 25.8 Å². The molecule has 5 heteroatoms. The number of benzene rings is 1. The maximum atomic E-state index is 12.5. The van der Waals surface area contributed by atoms with Crippen LogP contribution in [0.25, 0.3) is 0 Å². The van der Waals surface area contributed by atoms with Gasteiger partial charge in [0.1, 0.15) is 5.69 Å². The van der Waals surface area contributed by atoms with Crippen molar-refractivity contribution in [2.45, 2.75) is 0 Å². The Morgan fingerprint density at radius 3 is 2.68 bits per heavy atom. The smallest absolute Gasteiger partial charge is 0.274 e. The van der Waals surface area contributed by atoms with E-state index in [4.69, 9.17) is 0 Å². The fourth-order valence-corrected chi connectivity index (χ4v) is 2.70. The Morgan fingerprint density at radius 2 is 2.00 bits per heavy atom. The van der Waals surface area contributed by atoms with Crippen molar-refractivity contribution in [3.63, 3.8) is 0 Å². The van der Waals surface area contributed by atoms with Gasteiger partial charge in [-0.2, -0.15) is 0 Å². The van der Waals surface area contributed by atoms with Gasteiger partial charge >= 0.3 is 0 Å². The molecule has 0 saturated carbocycles. The van der Waals surface area contributed by atoms with Gasteiger partial charge in [0, 0.05) is 30.8 Å². The average Bonchev–Trinajstić information content (AvgIpc) is 2.86. The van der Waals surface area contributed by atoms with Crippen molar-refractivity contribution in [3.05, 3.63) is 46.7 Å². The van der Waals surface area contributed by atoms with Crippen molar-refractivity contribution in [2.24, 2.45) is 0 Å². The highest BCUT2D eigenvalue weighted by molar-refractivity contribution is 9.10. The fourth-order valence-electron chi connectivity index (χ4n) is 2.35. The molecule has 0 spiro atoms. The summed E-state index contributed by atoms with van der Waals surface area (Å²) in [6.07, 6.45) is 1.77. The summed E-state index contributed by atoms with van der Waals surface area (Å²) in [7, 11) is 2.05. The van der Waals surface area contributed by atoms with Gasteiger partial charge in [0.25, 0.3) is 5.91 Å². The van der Waals surface area contributed by atoms with Crippen molar-refractivity contribution < 1.29 is 4.79 Å². The summed E-state index contributed by atoms with van der Waals surface area (Å²) in [4.78, 5) is 19.5. The first-order chi connectivity index (χ1) is 9.16. The quantitative estimate of drug-likeness (QED) is 0.878. The van der Waals surface area contributed by atoms with Gasteiger partial charge in [0.2, 0.25) is 0 Å². The first kappa shape index (κ1) is 12.3. The van der Waals surface area contributed by atoms with Gasteiger partial charge in [0.15, 0.2) is 0 Å². The molecule has 1 aromatic carbocycles. The van der Waals surface area contributed by atoms with Gasteiger partial charge in [-0.25, -0.2) is 0 Å². The Morgan fingerprint density at radius 1 is 1.26 bits per heavy atom. The number of H-pyrrole nitrogens is 1. The number of hydrogen-bond donors (Lipinski definition) is 1. The number of aromatic nitrogens is 1. The zero-order valence-corrected chi connectivity index (χ0v) is 12.1. The molecule has 98 valence electrons. The number of carbonyl (C=O) groups excluding carboxylic acids is 1. The van der Waals surface area contributed by atoms with Crippen LogP contribution in [-0.2, 0) is 0 Å². The summed E-state index contributed by atoms with van der Waals surface area (Å²) >= 11 is 3.36. The third-order valence-corrected chi connectivity index (χ3v) is 3.82. The van der Waals surface area contributed by atoms with E-state index in [0.29, 0.717) is 12.2 Å². The standard InChI is InChI=1S/C14H14BrN3O/c1-17-6-7-18(13-5-3-2-4-12(13)17)14(19)11-8-10(15)9-16-11/h2-5,8-9,16H,6-7H2,1H3. The van der Waals surface area contributed by atoms with E-state index in [9.17, 15) is 4.79 Å². The minimum atomic E-state index is 0.00579. The van der Waals surface area contributed by atoms with E-state index < -0.39 is 0 Å². The second kappa shape index (κ2) is 4.74. The van der Waals surface area contributed by atoms with Gasteiger partial charge in [-0.05, 0) is 34.1 Å². The fraction of sp³-hybridized carbons (Fsp3) is 0.214. The number of aromatic amines is 1. The number of halogens is 1. The highest BCUT2D eigenvalue weighted by Crippen LogP contribution is 2.32. The number of hydrogen-bond acceptors (Lipinski definition) is 2. The van der Waals surface area contributed by atoms with E-state index in [-0.39, 0.29) is 5.91 Å². The summed E-state index contributed by atoms with van der Waals surface area (Å²) in [6, 6.07) is 9.79. The summed E-state index contributed by atoms with van der Waals surface area (Å²) < 4.78 is 0.887. The van der Waals surface area contributed by atoms with Crippen molar-refractivity contribution in [1.29, 1.82) is 0 Å². The molecule has 1 aliphatic heterocycles. The maximum Gasteiger partial charge on any atom is 0.274 e. The molecule has 1 aromatic heterocycles. The second-order valence-corrected chi connectivity index (χ2v) is 5.51. The minimum Gasteiger partial charge on any atom is -0.371 e. The van der Waals surface area contributed by atoms with Gasteiger partial charge < -0.3 is 14.8 Å². The van der Waals surface area contributed by atoms with Crippen LogP contribution < -0.4 is 9.80 Å². The molecule has 0 bridgehead atoms. The van der Waals surface area contributed by atoms with Gasteiger partial charge in [-0.1, -0.05) is 12.1 Å². The molecule has 4 nitrogen and oxygen atoms in total. The van der Waals surface area contributed by atoms with Crippen LogP contribution in [0.3, 0.4) is 0 Å². The molecule has 0 radical (unpaired) electrons. The number of amides is 1. The molecule has 2 heterocycles. The molecular formula is C14H14BrN3O. The second-order valence-electron chi connectivity index (χ2n) is 4.60. The van der Waals surface area contributed by atoms with Crippen LogP contribution in [0.4, 0.5) is 11.4 Å². The molecule has 0 unspecified atom stereocenters. The average molecular weight is 320 g/mol. The Kier molecular flexibility index (Phi) is 3.06. The molecule has 1 N–H and O–H groups in total. The lowest BCUT2D eigenvalue weighted by atomic mass is 10.1. The minimum absolute atomic E-state index is 0.00579. The van der Waals surface area contributed by atoms with Crippen LogP contribution in [0.5, 0.6) is 0 Å². The van der Waals surface area contributed by atoms with Gasteiger partial charge in [-0.15, -0.1) is 0 Å². The Bertz CT molecular complexity index is 623. The molecule has 0 aliphatic carbocycles. The van der Waals surface area contributed by atoms with E-state index in [1.807, 2.05) is 42.3 Å². The van der Waals surface area contributed by atoms with Gasteiger partial charge in [-0.3, -0.25) is 4.79 Å². The van der Waals surface area contributed by atoms with Crippen molar-refractivity contribution >= 4 is 33.2 Å². The van der Waals surface area contributed by atoms with E-state index >= 15 is 0 Å². The SMILES string of the molecule is CN1CCN(C(=O)c2cc(Br)c[nH]2)c2ccccc21. The zero-order valence-electron chi connectivity index (χ0n) is 10.6. The van der Waals surface area contributed by atoms with Crippen molar-refractivity contribution in [2.75, 3.05) is 29.9 Å². The van der Waals surface area contributed by atoms with Gasteiger partial charge in [0.05, 0.1) is 11.4 Å². The monoisotopic (exact) mass is 319 g/mol. The highest BCUT2D eigenvalue weighted by Gasteiger charge is 2.26. The molecule has 3 rings (SSSR count). The molecule has 0 atom stereocenters. The molecule has 1 aliphatic rings. The zero-order chi connectivity index (χ0) is 13.4. The number of para-hydroxylation sites is 2. The van der Waals surface area contributed by atoms with Crippen LogP contribution in [0.1, 0.15) is 10.5 Å². The molecule has 19 heavy (non-hydrogen) atoms. The molecule has 1 amide bonds. The number of likely N-dealkylation sites (N-methyl/N-ethyl adjacent to an activating group) is 1. The summed E-state index contributed by atoms with van der Waals surface area (Å²) in [5.41, 5.74) is 2.66. The lowest BCUT2D eigenvalue weighted by Gasteiger charge is -2.35. The van der Waals surface area contributed by atoms with E-state index in [0.717, 1.165) is 22.4 Å². The van der Waals surface area contributed by atoms with E-state index in [1.54, 1.807) is 6.20 Å². The number of nitrogens with one attached hydrogen (secondary N) is 1. The normalized spacial score (nSPS) is 14.4. The summed E-state index contributed by atoms with van der Waals surface area (Å²) in [6.45, 7) is 1.54. The van der Waals surface area contributed by atoms with Crippen LogP contribution in [0, 0.1) is 0 Å². The lowest BCUT2D eigenvalue weighted by molar-refractivity contribution is 0.0982. The topological polar surface area (TPSA) is 39.3 Å². The Balaban J connectivity index is 1.98. The Labute approximate surface area is 120 Å². The molecule has 0 fully saturated rings. The number of anilines is 2. The first-order valence-electron chi connectivity index (χ1n) is 6.13. The Hall–Kier alpha value is -1.75. The number of nitrogens with zero attached hydrogens (tertiary/aromatic N) is 2. The number of rotatable bonds is 1. The molecule has 0 saturated heterocycles. The van der Waals surface area contributed by atoms with Crippen molar-refractivity contribution in [1.82, 2.24) is 4.98 Å². The highest BCUT2D eigenvalue weighted by atomic mass is 79.9. The summed E-state index contributed by atoms with van der Waals surface area (Å²) in [5.74, 6) is 0.00579. The van der Waals surface area contributed by atoms with E-state index in [1.165, 1.54) is 0 Å². The molecular weight excluding hydrogens is 306 g/mol. The van der Waals surface area contributed by atoms with Crippen LogP contribution in [0.15, 0.2) is 41.0 Å². The lowest BCUT2D eigenvalue weighted by Crippen LogP contribution is -2.42. The first-order valence-corrected chi connectivity index (χ1v) is 6.92. The number of fused-ring (bicyclic) bond motifs is 1. The van der Waals surface area contributed by atoms with Crippen LogP contribution >= 0.6 is 15.9 Å². The third-order valence-electron chi connectivity index (χ3n) is 3.37. The predicted molar refractivity (Wildman–Crippen MR) is 79.9 cm³/mol.